The second-order valence-corrected chi connectivity index (χ2v) is 3.38. The lowest BCUT2D eigenvalue weighted by molar-refractivity contribution is 0.0528. The number of rotatable bonds is 4. The van der Waals surface area contributed by atoms with Crippen LogP contribution < -0.4 is 0 Å². The Kier molecular flexibility index (Phi) is 4.85. The fourth-order valence-corrected chi connectivity index (χ4v) is 1.17. The molecule has 0 saturated heterocycles. The molecule has 1 aromatic rings. The number of hydrogen-bond acceptors (Lipinski definition) is 5. The van der Waals surface area contributed by atoms with E-state index in [0.717, 1.165) is 0 Å². The van der Waals surface area contributed by atoms with E-state index in [9.17, 15) is 9.59 Å². The third-order valence-electron chi connectivity index (χ3n) is 1.87. The van der Waals surface area contributed by atoms with E-state index >= 15 is 0 Å². The summed E-state index contributed by atoms with van der Waals surface area (Å²) in [4.78, 5) is 22.5. The van der Waals surface area contributed by atoms with Gasteiger partial charge in [0.05, 0.1) is 18.2 Å². The summed E-state index contributed by atoms with van der Waals surface area (Å²) < 4.78 is 9.41. The number of thiol groups is 1. The van der Waals surface area contributed by atoms with E-state index in [-0.39, 0.29) is 6.61 Å². The van der Waals surface area contributed by atoms with Crippen molar-refractivity contribution in [3.05, 3.63) is 35.4 Å². The quantitative estimate of drug-likeness (QED) is 0.641. The first-order valence-corrected chi connectivity index (χ1v) is 5.28. The van der Waals surface area contributed by atoms with Crippen molar-refractivity contribution >= 4 is 24.6 Å². The SMILES string of the molecule is COC(=O)c1ccc(C(=O)OCCS)cc1. The highest BCUT2D eigenvalue weighted by Gasteiger charge is 2.09. The van der Waals surface area contributed by atoms with E-state index in [0.29, 0.717) is 16.9 Å². The normalized spacial score (nSPS) is 9.62. The number of hydrogen-bond donors (Lipinski definition) is 1. The van der Waals surface area contributed by atoms with E-state index < -0.39 is 11.9 Å². The van der Waals surface area contributed by atoms with Crippen LogP contribution >= 0.6 is 12.6 Å². The van der Waals surface area contributed by atoms with Crippen LogP contribution in [0, 0.1) is 0 Å². The van der Waals surface area contributed by atoms with Crippen molar-refractivity contribution in [2.75, 3.05) is 19.5 Å². The predicted octanol–water partition coefficient (Wildman–Crippen LogP) is 1.56. The van der Waals surface area contributed by atoms with Gasteiger partial charge in [-0.2, -0.15) is 12.6 Å². The Hall–Kier alpha value is -1.49. The molecule has 0 aliphatic carbocycles. The van der Waals surface area contributed by atoms with Gasteiger partial charge in [0.25, 0.3) is 0 Å². The first-order valence-electron chi connectivity index (χ1n) is 4.65. The third-order valence-corrected chi connectivity index (χ3v) is 2.05. The molecule has 0 aromatic heterocycles. The van der Waals surface area contributed by atoms with E-state index in [2.05, 4.69) is 17.4 Å². The van der Waals surface area contributed by atoms with Gasteiger partial charge in [0.15, 0.2) is 0 Å². The van der Waals surface area contributed by atoms with Crippen molar-refractivity contribution in [2.45, 2.75) is 0 Å². The van der Waals surface area contributed by atoms with Gasteiger partial charge in [-0.3, -0.25) is 0 Å². The van der Waals surface area contributed by atoms with Crippen LogP contribution in [0.4, 0.5) is 0 Å². The Balaban J connectivity index is 2.71. The maximum Gasteiger partial charge on any atom is 0.338 e. The summed E-state index contributed by atoms with van der Waals surface area (Å²) in [5, 5.41) is 0. The zero-order chi connectivity index (χ0) is 12.0. The van der Waals surface area contributed by atoms with E-state index in [1.807, 2.05) is 0 Å². The summed E-state index contributed by atoms with van der Waals surface area (Å²) >= 11 is 3.93. The van der Waals surface area contributed by atoms with Gasteiger partial charge in [0, 0.05) is 5.75 Å². The molecule has 5 heteroatoms. The number of carbonyl (C=O) groups excluding carboxylic acids is 2. The second-order valence-electron chi connectivity index (χ2n) is 2.93. The predicted molar refractivity (Wildman–Crippen MR) is 61.9 cm³/mol. The summed E-state index contributed by atoms with van der Waals surface area (Å²) in [6.45, 7) is 0.265. The summed E-state index contributed by atoms with van der Waals surface area (Å²) in [5.74, 6) is -0.382. The largest absolute Gasteiger partial charge is 0.465 e. The minimum Gasteiger partial charge on any atom is -0.465 e. The van der Waals surface area contributed by atoms with Crippen LogP contribution in [0.1, 0.15) is 20.7 Å². The van der Waals surface area contributed by atoms with E-state index in [1.165, 1.54) is 31.4 Å². The van der Waals surface area contributed by atoms with Crippen LogP contribution in [-0.2, 0) is 9.47 Å². The number of esters is 2. The molecule has 0 aliphatic heterocycles. The van der Waals surface area contributed by atoms with Crippen molar-refractivity contribution in [2.24, 2.45) is 0 Å². The van der Waals surface area contributed by atoms with Gasteiger partial charge in [0.1, 0.15) is 6.61 Å². The molecule has 1 aromatic carbocycles. The third kappa shape index (κ3) is 3.27. The average molecular weight is 240 g/mol. The smallest absolute Gasteiger partial charge is 0.338 e. The second kappa shape index (κ2) is 6.17. The van der Waals surface area contributed by atoms with E-state index in [4.69, 9.17) is 4.74 Å². The monoisotopic (exact) mass is 240 g/mol. The van der Waals surface area contributed by atoms with Gasteiger partial charge < -0.3 is 9.47 Å². The number of ether oxygens (including phenoxy) is 2. The Labute approximate surface area is 99.0 Å². The van der Waals surface area contributed by atoms with Crippen LogP contribution in [0.3, 0.4) is 0 Å². The standard InChI is InChI=1S/C11H12O4S/c1-14-10(12)8-2-4-9(5-3-8)11(13)15-6-7-16/h2-5,16H,6-7H2,1H3. The maximum absolute atomic E-state index is 11.4. The van der Waals surface area contributed by atoms with Gasteiger partial charge in [-0.15, -0.1) is 0 Å². The van der Waals surface area contributed by atoms with Crippen LogP contribution in [0.15, 0.2) is 24.3 Å². The van der Waals surface area contributed by atoms with Crippen LogP contribution in [0.2, 0.25) is 0 Å². The van der Waals surface area contributed by atoms with Crippen molar-refractivity contribution in [1.82, 2.24) is 0 Å². The number of benzene rings is 1. The highest BCUT2D eigenvalue weighted by Crippen LogP contribution is 2.07. The number of methoxy groups -OCH3 is 1. The number of carbonyl (C=O) groups is 2. The van der Waals surface area contributed by atoms with Gasteiger partial charge in [-0.1, -0.05) is 0 Å². The van der Waals surface area contributed by atoms with Crippen molar-refractivity contribution in [3.8, 4) is 0 Å². The van der Waals surface area contributed by atoms with Gasteiger partial charge in [0.2, 0.25) is 0 Å². The highest BCUT2D eigenvalue weighted by atomic mass is 32.1. The fourth-order valence-electron chi connectivity index (χ4n) is 1.08. The molecule has 0 spiro atoms. The first kappa shape index (κ1) is 12.6. The summed E-state index contributed by atoms with van der Waals surface area (Å²) in [6.07, 6.45) is 0. The minimum absolute atomic E-state index is 0.265. The summed E-state index contributed by atoms with van der Waals surface area (Å²) in [5.41, 5.74) is 0.794. The van der Waals surface area contributed by atoms with Crippen LogP contribution in [0.5, 0.6) is 0 Å². The van der Waals surface area contributed by atoms with Crippen molar-refractivity contribution in [3.63, 3.8) is 0 Å². The maximum atomic E-state index is 11.4. The van der Waals surface area contributed by atoms with Crippen molar-refractivity contribution in [1.29, 1.82) is 0 Å². The topological polar surface area (TPSA) is 52.6 Å². The molecular weight excluding hydrogens is 228 g/mol. The molecular formula is C11H12O4S. The molecule has 0 heterocycles. The Morgan fingerprint density at radius 1 is 1.12 bits per heavy atom. The molecule has 86 valence electrons. The molecule has 1 rings (SSSR count). The molecule has 0 aliphatic rings. The Bertz CT molecular complexity index is 372. The summed E-state index contributed by atoms with van der Waals surface area (Å²) in [7, 11) is 1.30. The summed E-state index contributed by atoms with van der Waals surface area (Å²) in [6, 6.07) is 6.08. The first-order chi connectivity index (χ1) is 7.69. The molecule has 0 bridgehead atoms. The molecule has 0 radical (unpaired) electrons. The fraction of sp³-hybridized carbons (Fsp3) is 0.273. The lowest BCUT2D eigenvalue weighted by atomic mass is 10.1. The lowest BCUT2D eigenvalue weighted by Crippen LogP contribution is -2.08. The molecule has 0 atom stereocenters. The Morgan fingerprint density at radius 2 is 1.62 bits per heavy atom. The molecule has 0 N–H and O–H groups in total. The van der Waals surface area contributed by atoms with Gasteiger partial charge in [-0.25, -0.2) is 9.59 Å². The molecule has 4 nitrogen and oxygen atoms in total. The van der Waals surface area contributed by atoms with Gasteiger partial charge in [-0.05, 0) is 24.3 Å². The van der Waals surface area contributed by atoms with Crippen LogP contribution in [0.25, 0.3) is 0 Å². The molecule has 16 heavy (non-hydrogen) atoms. The highest BCUT2D eigenvalue weighted by molar-refractivity contribution is 7.80. The lowest BCUT2D eigenvalue weighted by Gasteiger charge is -2.03. The van der Waals surface area contributed by atoms with Crippen molar-refractivity contribution < 1.29 is 19.1 Å². The molecule has 0 fully saturated rings. The minimum atomic E-state index is -0.435. The van der Waals surface area contributed by atoms with Crippen LogP contribution in [-0.4, -0.2) is 31.4 Å². The zero-order valence-corrected chi connectivity index (χ0v) is 9.70. The average Bonchev–Trinajstić information content (AvgIpc) is 2.35. The Morgan fingerprint density at radius 3 is 2.06 bits per heavy atom. The van der Waals surface area contributed by atoms with E-state index in [1.54, 1.807) is 0 Å². The zero-order valence-electron chi connectivity index (χ0n) is 8.80. The van der Waals surface area contributed by atoms with Gasteiger partial charge >= 0.3 is 11.9 Å². The molecule has 0 saturated carbocycles. The molecule has 0 unspecified atom stereocenters. The molecule has 0 amide bonds.